The standard InChI is InChI=1S/C9H11O2/c1-2-9(11)7-4-3-5-8(10)6-7/h3-6,9-11H,1-2H2/t9-/m1/s1. The first-order valence-corrected chi connectivity index (χ1v) is 3.50. The highest BCUT2D eigenvalue weighted by atomic mass is 16.3. The lowest BCUT2D eigenvalue weighted by molar-refractivity contribution is 0.180. The number of hydrogen-bond acceptors (Lipinski definition) is 2. The van der Waals surface area contributed by atoms with Crippen molar-refractivity contribution >= 4 is 0 Å². The molecule has 2 N–H and O–H groups in total. The molecule has 0 saturated carbocycles. The van der Waals surface area contributed by atoms with Crippen LogP contribution >= 0.6 is 0 Å². The molecule has 1 aromatic carbocycles. The number of benzene rings is 1. The van der Waals surface area contributed by atoms with Gasteiger partial charge in [0.25, 0.3) is 0 Å². The molecular formula is C9H11O2. The van der Waals surface area contributed by atoms with Gasteiger partial charge in [0.2, 0.25) is 0 Å². The minimum absolute atomic E-state index is 0.176. The molecule has 0 unspecified atom stereocenters. The van der Waals surface area contributed by atoms with Crippen LogP contribution in [0.1, 0.15) is 18.1 Å². The summed E-state index contributed by atoms with van der Waals surface area (Å²) in [5, 5.41) is 18.3. The van der Waals surface area contributed by atoms with Crippen molar-refractivity contribution in [2.45, 2.75) is 12.5 Å². The number of rotatable bonds is 2. The Hall–Kier alpha value is -1.02. The second-order valence-electron chi connectivity index (χ2n) is 2.40. The Morgan fingerprint density at radius 1 is 1.45 bits per heavy atom. The van der Waals surface area contributed by atoms with Crippen molar-refractivity contribution in [1.29, 1.82) is 0 Å². The van der Waals surface area contributed by atoms with Crippen LogP contribution in [0.3, 0.4) is 0 Å². The summed E-state index contributed by atoms with van der Waals surface area (Å²) in [6.07, 6.45) is -0.147. The van der Waals surface area contributed by atoms with Gasteiger partial charge in [-0.15, -0.1) is 0 Å². The van der Waals surface area contributed by atoms with Crippen molar-refractivity contribution in [3.8, 4) is 5.75 Å². The van der Waals surface area contributed by atoms with Gasteiger partial charge in [-0.2, -0.15) is 0 Å². The van der Waals surface area contributed by atoms with Gasteiger partial charge in [-0.25, -0.2) is 0 Å². The van der Waals surface area contributed by atoms with E-state index in [2.05, 4.69) is 6.92 Å². The Balaban J connectivity index is 2.86. The van der Waals surface area contributed by atoms with E-state index in [9.17, 15) is 5.11 Å². The molecular weight excluding hydrogens is 140 g/mol. The van der Waals surface area contributed by atoms with E-state index in [1.54, 1.807) is 18.2 Å². The van der Waals surface area contributed by atoms with Crippen LogP contribution in [0.15, 0.2) is 24.3 Å². The predicted octanol–water partition coefficient (Wildman–Crippen LogP) is 1.65. The average Bonchev–Trinajstić information content (AvgIpc) is 2.03. The molecule has 2 heteroatoms. The van der Waals surface area contributed by atoms with Gasteiger partial charge in [0.05, 0.1) is 6.10 Å². The van der Waals surface area contributed by atoms with E-state index in [4.69, 9.17) is 5.11 Å². The molecule has 0 aliphatic rings. The summed E-state index contributed by atoms with van der Waals surface area (Å²) >= 11 is 0. The van der Waals surface area contributed by atoms with E-state index in [0.29, 0.717) is 12.0 Å². The van der Waals surface area contributed by atoms with Crippen LogP contribution in [0.4, 0.5) is 0 Å². The Labute approximate surface area is 66.1 Å². The van der Waals surface area contributed by atoms with E-state index < -0.39 is 6.10 Å². The number of phenols is 1. The summed E-state index contributed by atoms with van der Waals surface area (Å²) in [4.78, 5) is 0. The maximum atomic E-state index is 9.28. The normalized spacial score (nSPS) is 12.9. The second-order valence-corrected chi connectivity index (χ2v) is 2.40. The molecule has 59 valence electrons. The first kappa shape index (κ1) is 8.08. The molecule has 0 spiro atoms. The van der Waals surface area contributed by atoms with Crippen molar-refractivity contribution in [2.24, 2.45) is 0 Å². The lowest BCUT2D eigenvalue weighted by Crippen LogP contribution is -1.93. The smallest absolute Gasteiger partial charge is 0.115 e. The van der Waals surface area contributed by atoms with Crippen LogP contribution < -0.4 is 0 Å². The SMILES string of the molecule is [CH2]C[C@@H](O)c1cccc(O)c1. The van der Waals surface area contributed by atoms with Crippen LogP contribution in [-0.2, 0) is 0 Å². The number of aliphatic hydroxyl groups is 1. The summed E-state index contributed by atoms with van der Waals surface area (Å²) in [5.74, 6) is 0.176. The van der Waals surface area contributed by atoms with Gasteiger partial charge in [0, 0.05) is 0 Å². The van der Waals surface area contributed by atoms with Gasteiger partial charge < -0.3 is 10.2 Å². The van der Waals surface area contributed by atoms with Crippen LogP contribution in [0.25, 0.3) is 0 Å². The first-order chi connectivity index (χ1) is 5.24. The van der Waals surface area contributed by atoms with Crippen molar-refractivity contribution < 1.29 is 10.2 Å². The zero-order chi connectivity index (χ0) is 8.27. The molecule has 0 aliphatic carbocycles. The molecule has 0 amide bonds. The topological polar surface area (TPSA) is 40.5 Å². The lowest BCUT2D eigenvalue weighted by Gasteiger charge is -2.06. The first-order valence-electron chi connectivity index (χ1n) is 3.50. The molecule has 0 aromatic heterocycles. The molecule has 0 fully saturated rings. The maximum absolute atomic E-state index is 9.28. The summed E-state index contributed by atoms with van der Waals surface area (Å²) in [7, 11) is 0. The fourth-order valence-corrected chi connectivity index (χ4v) is 0.899. The van der Waals surface area contributed by atoms with Crippen molar-refractivity contribution in [2.75, 3.05) is 0 Å². The quantitative estimate of drug-likeness (QED) is 0.674. The highest BCUT2D eigenvalue weighted by Gasteiger charge is 2.03. The molecule has 1 radical (unpaired) electrons. The zero-order valence-electron chi connectivity index (χ0n) is 6.20. The minimum atomic E-state index is -0.568. The molecule has 11 heavy (non-hydrogen) atoms. The van der Waals surface area contributed by atoms with E-state index >= 15 is 0 Å². The lowest BCUT2D eigenvalue weighted by atomic mass is 10.1. The largest absolute Gasteiger partial charge is 0.508 e. The highest BCUT2D eigenvalue weighted by molar-refractivity contribution is 5.28. The van der Waals surface area contributed by atoms with Gasteiger partial charge in [-0.05, 0) is 24.1 Å². The number of phenolic OH excluding ortho intramolecular Hbond substituents is 1. The Morgan fingerprint density at radius 3 is 2.73 bits per heavy atom. The molecule has 0 aliphatic heterocycles. The average molecular weight is 151 g/mol. The third kappa shape index (κ3) is 1.95. The minimum Gasteiger partial charge on any atom is -0.508 e. The fraction of sp³-hybridized carbons (Fsp3) is 0.222. The van der Waals surface area contributed by atoms with Crippen LogP contribution in [0.2, 0.25) is 0 Å². The number of hydrogen-bond donors (Lipinski definition) is 2. The van der Waals surface area contributed by atoms with Gasteiger partial charge in [0.1, 0.15) is 5.75 Å². The Bertz CT molecular complexity index is 233. The highest BCUT2D eigenvalue weighted by Crippen LogP contribution is 2.19. The predicted molar refractivity (Wildman–Crippen MR) is 43.0 cm³/mol. The van der Waals surface area contributed by atoms with Gasteiger partial charge in [-0.3, -0.25) is 0 Å². The summed E-state index contributed by atoms with van der Waals surface area (Å²) in [6.45, 7) is 3.56. The third-order valence-electron chi connectivity index (χ3n) is 1.53. The molecule has 1 rings (SSSR count). The van der Waals surface area contributed by atoms with E-state index in [1.165, 1.54) is 6.07 Å². The van der Waals surface area contributed by atoms with E-state index in [1.807, 2.05) is 0 Å². The molecule has 0 bridgehead atoms. The van der Waals surface area contributed by atoms with Gasteiger partial charge >= 0.3 is 0 Å². The van der Waals surface area contributed by atoms with Crippen molar-refractivity contribution in [3.63, 3.8) is 0 Å². The Morgan fingerprint density at radius 2 is 2.18 bits per heavy atom. The number of aliphatic hydroxyl groups excluding tert-OH is 1. The third-order valence-corrected chi connectivity index (χ3v) is 1.53. The van der Waals surface area contributed by atoms with Crippen LogP contribution in [0, 0.1) is 6.92 Å². The molecule has 1 aromatic rings. The van der Waals surface area contributed by atoms with Crippen LogP contribution in [-0.4, -0.2) is 10.2 Å². The fourth-order valence-electron chi connectivity index (χ4n) is 0.899. The molecule has 0 heterocycles. The molecule has 2 nitrogen and oxygen atoms in total. The Kier molecular flexibility index (Phi) is 2.49. The zero-order valence-corrected chi connectivity index (χ0v) is 6.20. The van der Waals surface area contributed by atoms with Crippen LogP contribution in [0.5, 0.6) is 5.75 Å². The monoisotopic (exact) mass is 151 g/mol. The summed E-state index contributed by atoms with van der Waals surface area (Å²) < 4.78 is 0. The van der Waals surface area contributed by atoms with Gasteiger partial charge in [-0.1, -0.05) is 19.1 Å². The summed E-state index contributed by atoms with van der Waals surface area (Å²) in [6, 6.07) is 6.56. The van der Waals surface area contributed by atoms with Gasteiger partial charge in [0.15, 0.2) is 0 Å². The number of aromatic hydroxyl groups is 1. The van der Waals surface area contributed by atoms with E-state index in [0.717, 1.165) is 0 Å². The summed E-state index contributed by atoms with van der Waals surface area (Å²) in [5.41, 5.74) is 0.708. The molecule has 0 saturated heterocycles. The van der Waals surface area contributed by atoms with E-state index in [-0.39, 0.29) is 5.75 Å². The molecule has 1 atom stereocenters. The van der Waals surface area contributed by atoms with Crippen molar-refractivity contribution in [3.05, 3.63) is 36.8 Å². The second kappa shape index (κ2) is 3.39. The maximum Gasteiger partial charge on any atom is 0.115 e. The van der Waals surface area contributed by atoms with Crippen molar-refractivity contribution in [1.82, 2.24) is 0 Å².